The summed E-state index contributed by atoms with van der Waals surface area (Å²) in [6.07, 6.45) is 0. The average molecular weight is 296 g/mol. The summed E-state index contributed by atoms with van der Waals surface area (Å²) in [5, 5.41) is 18.9. The molecule has 0 radical (unpaired) electrons. The first-order chi connectivity index (χ1) is 7.92. The second-order valence-corrected chi connectivity index (χ2v) is 4.81. The van der Waals surface area contributed by atoms with E-state index in [9.17, 15) is 36.6 Å². The van der Waals surface area contributed by atoms with E-state index in [2.05, 4.69) is 4.28 Å². The fourth-order valence-electron chi connectivity index (χ4n) is 1.06. The minimum absolute atomic E-state index is 0.0206. The molecule has 10 nitrogen and oxygen atoms in total. The Morgan fingerprint density at radius 1 is 1.33 bits per heavy atom. The quantitative estimate of drug-likeness (QED) is 0.309. The average Bonchev–Trinajstić information content (AvgIpc) is 2.06. The molecule has 0 aromatic heterocycles. The fraction of sp³-hybridized carbons (Fsp3) is 1.00. The zero-order chi connectivity index (χ0) is 14.4. The lowest BCUT2D eigenvalue weighted by atomic mass is 10.1. The summed E-state index contributed by atoms with van der Waals surface area (Å²) in [5.74, 6) is 0. The molecule has 1 aliphatic heterocycles. The van der Waals surface area contributed by atoms with E-state index < -0.39 is 44.2 Å². The second-order valence-electron chi connectivity index (χ2n) is 3.28. The molecule has 1 saturated heterocycles. The van der Waals surface area contributed by atoms with Crippen molar-refractivity contribution in [2.75, 3.05) is 13.1 Å². The zero-order valence-corrected chi connectivity index (χ0v) is 9.01. The smallest absolute Gasteiger partial charge is 0.258 e. The van der Waals surface area contributed by atoms with Crippen LogP contribution in [0.2, 0.25) is 0 Å². The maximum absolute atomic E-state index is 11.9. The summed E-state index contributed by atoms with van der Waals surface area (Å²) in [6.45, 7) is -2.29. The van der Waals surface area contributed by atoms with Crippen LogP contribution >= 0.6 is 0 Å². The third-order valence-electron chi connectivity index (χ3n) is 2.04. The van der Waals surface area contributed by atoms with Gasteiger partial charge in [-0.2, -0.15) is 25.9 Å². The number of hydrogen-bond donors (Lipinski definition) is 1. The Morgan fingerprint density at radius 2 is 1.78 bits per heavy atom. The highest BCUT2D eigenvalue weighted by atomic mass is 32.2. The molecule has 0 aromatic rings. The Bertz CT molecular complexity index is 465. The van der Waals surface area contributed by atoms with Crippen LogP contribution in [0.15, 0.2) is 0 Å². The standard InChI is InChI=1S/C4H5F3N3O7S/c5-4(6,7)18(15,16)17-8-1-3(2-8,9(11)12)10(13)14/h1-2H2,(H,11,12)/q+1. The van der Waals surface area contributed by atoms with Crippen LogP contribution in [0.1, 0.15) is 0 Å². The van der Waals surface area contributed by atoms with Gasteiger partial charge in [-0.1, -0.05) is 0 Å². The van der Waals surface area contributed by atoms with E-state index >= 15 is 0 Å². The molecular weight excluding hydrogens is 291 g/mol. The van der Waals surface area contributed by atoms with Crippen LogP contribution in [-0.2, 0) is 14.4 Å². The van der Waals surface area contributed by atoms with Gasteiger partial charge in [0.15, 0.2) is 13.1 Å². The summed E-state index contributed by atoms with van der Waals surface area (Å²) in [4.78, 5) is 18.5. The van der Waals surface area contributed by atoms with Crippen LogP contribution in [0, 0.1) is 15.0 Å². The molecule has 0 aliphatic carbocycles. The highest BCUT2D eigenvalue weighted by molar-refractivity contribution is 7.87. The lowest BCUT2D eigenvalue weighted by Gasteiger charge is -2.31. The molecule has 1 heterocycles. The molecule has 0 unspecified atom stereocenters. The molecule has 1 N–H and O–H groups in total. The third kappa shape index (κ3) is 2.21. The summed E-state index contributed by atoms with van der Waals surface area (Å²) >= 11 is 0. The van der Waals surface area contributed by atoms with Crippen LogP contribution in [0.25, 0.3) is 0 Å². The predicted octanol–water partition coefficient (Wildman–Crippen LogP) is -0.776. The van der Waals surface area contributed by atoms with Crippen molar-refractivity contribution in [1.29, 1.82) is 0 Å². The third-order valence-corrected chi connectivity index (χ3v) is 3.02. The maximum atomic E-state index is 11.9. The molecule has 0 aromatic carbocycles. The molecule has 0 saturated carbocycles. The van der Waals surface area contributed by atoms with Crippen LogP contribution in [0.5, 0.6) is 0 Å². The summed E-state index contributed by atoms with van der Waals surface area (Å²) in [6, 6.07) is 0. The van der Waals surface area contributed by atoms with Crippen molar-refractivity contribution in [1.82, 2.24) is 5.06 Å². The number of nitrogens with zero attached hydrogens (tertiary/aromatic N) is 3. The summed E-state index contributed by atoms with van der Waals surface area (Å²) in [5.41, 5.74) is -8.34. The first kappa shape index (κ1) is 14.5. The van der Waals surface area contributed by atoms with Crippen molar-refractivity contribution in [3.8, 4) is 0 Å². The molecule has 104 valence electrons. The molecule has 14 heteroatoms. The van der Waals surface area contributed by atoms with Gasteiger partial charge in [0.1, 0.15) is 4.92 Å². The van der Waals surface area contributed by atoms with Crippen molar-refractivity contribution >= 4 is 10.1 Å². The second kappa shape index (κ2) is 3.99. The van der Waals surface area contributed by atoms with Gasteiger partial charge >= 0.3 is 21.3 Å². The minimum atomic E-state index is -5.96. The van der Waals surface area contributed by atoms with Gasteiger partial charge in [-0.3, -0.25) is 10.1 Å². The van der Waals surface area contributed by atoms with Gasteiger partial charge in [-0.05, 0) is 0 Å². The molecular formula is C4H5F3N3O7S+. The molecule has 0 spiro atoms. The maximum Gasteiger partial charge on any atom is 0.526 e. The van der Waals surface area contributed by atoms with Gasteiger partial charge in [0.25, 0.3) is 4.92 Å². The topological polar surface area (TPSA) is 130 Å². The van der Waals surface area contributed by atoms with Crippen LogP contribution in [-0.4, -0.2) is 52.8 Å². The lowest BCUT2D eigenvalue weighted by molar-refractivity contribution is -0.959. The SMILES string of the molecule is O=[N+]([O-])C1([N+](=O)O)CN(OS(=O)(=O)C(F)(F)F)C1. The highest BCUT2D eigenvalue weighted by Gasteiger charge is 2.72. The van der Waals surface area contributed by atoms with Crippen molar-refractivity contribution in [3.63, 3.8) is 0 Å². The van der Waals surface area contributed by atoms with E-state index in [1.54, 1.807) is 0 Å². The molecule has 1 rings (SSSR count). The first-order valence-corrected chi connectivity index (χ1v) is 5.40. The fourth-order valence-corrected chi connectivity index (χ4v) is 1.53. The largest absolute Gasteiger partial charge is 0.526 e. The van der Waals surface area contributed by atoms with E-state index in [1.807, 2.05) is 0 Å². The van der Waals surface area contributed by atoms with Gasteiger partial charge in [0.05, 0.1) is 4.91 Å². The van der Waals surface area contributed by atoms with E-state index in [1.165, 1.54) is 0 Å². The molecule has 0 atom stereocenters. The molecule has 0 amide bonds. The number of hydrogen-bond acceptors (Lipinski definition) is 7. The van der Waals surface area contributed by atoms with Crippen LogP contribution < -0.4 is 0 Å². The molecule has 0 bridgehead atoms. The Labute approximate surface area is 96.3 Å². The first-order valence-electron chi connectivity index (χ1n) is 3.99. The number of hydroxylamine groups is 2. The van der Waals surface area contributed by atoms with Crippen LogP contribution in [0.4, 0.5) is 13.2 Å². The van der Waals surface area contributed by atoms with E-state index in [-0.39, 0.29) is 5.06 Å². The van der Waals surface area contributed by atoms with Gasteiger partial charge in [-0.15, -0.1) is 5.06 Å². The Kier molecular flexibility index (Phi) is 3.22. The van der Waals surface area contributed by atoms with Gasteiger partial charge < -0.3 is 0 Å². The zero-order valence-electron chi connectivity index (χ0n) is 8.19. The number of rotatable bonds is 4. The highest BCUT2D eigenvalue weighted by Crippen LogP contribution is 2.31. The Balaban J connectivity index is 2.75. The van der Waals surface area contributed by atoms with E-state index in [0.29, 0.717) is 0 Å². The normalized spacial score (nSPS) is 20.2. The summed E-state index contributed by atoms with van der Waals surface area (Å²) < 4.78 is 60.1. The van der Waals surface area contributed by atoms with Crippen molar-refractivity contribution in [2.45, 2.75) is 11.2 Å². The number of halogens is 3. The Hall–Kier alpha value is -1.54. The number of alkyl halides is 3. The minimum Gasteiger partial charge on any atom is -0.258 e. The van der Waals surface area contributed by atoms with Crippen molar-refractivity contribution in [3.05, 3.63) is 15.0 Å². The lowest BCUT2D eigenvalue weighted by Crippen LogP contribution is -2.70. The molecule has 1 fully saturated rings. The van der Waals surface area contributed by atoms with Crippen LogP contribution in [0.3, 0.4) is 0 Å². The van der Waals surface area contributed by atoms with Crippen molar-refractivity contribution in [2.24, 2.45) is 0 Å². The monoisotopic (exact) mass is 296 g/mol. The molecule has 18 heavy (non-hydrogen) atoms. The number of nitro groups is 1. The van der Waals surface area contributed by atoms with Crippen molar-refractivity contribution < 1.29 is 40.9 Å². The van der Waals surface area contributed by atoms with Gasteiger partial charge in [0, 0.05) is 0 Å². The summed E-state index contributed by atoms with van der Waals surface area (Å²) in [7, 11) is -5.96. The van der Waals surface area contributed by atoms with Gasteiger partial charge in [0.2, 0.25) is 0 Å². The Morgan fingerprint density at radius 3 is 2.06 bits per heavy atom. The van der Waals surface area contributed by atoms with E-state index in [0.717, 1.165) is 0 Å². The van der Waals surface area contributed by atoms with Gasteiger partial charge in [-0.25, -0.2) is 5.21 Å². The predicted molar refractivity (Wildman–Crippen MR) is 42.8 cm³/mol. The van der Waals surface area contributed by atoms with E-state index in [4.69, 9.17) is 5.21 Å². The molecule has 1 aliphatic rings.